The van der Waals surface area contributed by atoms with Gasteiger partial charge in [-0.3, -0.25) is 4.79 Å². The fourth-order valence-corrected chi connectivity index (χ4v) is 1.58. The zero-order valence-electron chi connectivity index (χ0n) is 8.32. The Morgan fingerprint density at radius 1 is 1.50 bits per heavy atom. The summed E-state index contributed by atoms with van der Waals surface area (Å²) in [5.74, 6) is 0.480. The average molecular weight is 188 g/mol. The topological polar surface area (TPSA) is 34.9 Å². The summed E-state index contributed by atoms with van der Waals surface area (Å²) in [6.45, 7) is 2.11. The van der Waals surface area contributed by atoms with E-state index < -0.39 is 0 Å². The second-order valence-electron chi connectivity index (χ2n) is 3.32. The van der Waals surface area contributed by atoms with Gasteiger partial charge in [-0.15, -0.1) is 0 Å². The third kappa shape index (κ3) is 1.21. The van der Waals surface area contributed by atoms with Crippen LogP contribution in [0.4, 0.5) is 0 Å². The molecule has 0 saturated carbocycles. The van der Waals surface area contributed by atoms with Crippen molar-refractivity contribution in [1.29, 1.82) is 0 Å². The lowest BCUT2D eigenvalue weighted by Crippen LogP contribution is -1.94. The molecular formula is C11H12N2O. The molecule has 0 saturated heterocycles. The van der Waals surface area contributed by atoms with Gasteiger partial charge in [-0.05, 0) is 24.1 Å². The SMILES string of the molecule is CCc1ccc2nc(C=O)n(C)c2c1. The van der Waals surface area contributed by atoms with Gasteiger partial charge in [-0.1, -0.05) is 13.0 Å². The van der Waals surface area contributed by atoms with Crippen molar-refractivity contribution in [3.05, 3.63) is 29.6 Å². The Bertz CT molecular complexity index is 485. The molecule has 0 atom stereocenters. The number of imidazole rings is 1. The van der Waals surface area contributed by atoms with E-state index in [1.807, 2.05) is 23.7 Å². The highest BCUT2D eigenvalue weighted by atomic mass is 16.1. The van der Waals surface area contributed by atoms with Crippen LogP contribution in [0.1, 0.15) is 23.1 Å². The van der Waals surface area contributed by atoms with E-state index in [4.69, 9.17) is 0 Å². The van der Waals surface area contributed by atoms with Crippen LogP contribution in [0.2, 0.25) is 0 Å². The first-order valence-corrected chi connectivity index (χ1v) is 4.66. The van der Waals surface area contributed by atoms with Gasteiger partial charge in [0, 0.05) is 7.05 Å². The monoisotopic (exact) mass is 188 g/mol. The number of nitrogens with zero attached hydrogens (tertiary/aromatic N) is 2. The van der Waals surface area contributed by atoms with Gasteiger partial charge >= 0.3 is 0 Å². The highest BCUT2D eigenvalue weighted by molar-refractivity contribution is 5.83. The van der Waals surface area contributed by atoms with Gasteiger partial charge in [-0.2, -0.15) is 0 Å². The summed E-state index contributed by atoms with van der Waals surface area (Å²) in [4.78, 5) is 14.9. The van der Waals surface area contributed by atoms with E-state index >= 15 is 0 Å². The summed E-state index contributed by atoms with van der Waals surface area (Å²) in [7, 11) is 1.86. The van der Waals surface area contributed by atoms with E-state index in [-0.39, 0.29) is 0 Å². The molecular weight excluding hydrogens is 176 g/mol. The van der Waals surface area contributed by atoms with Gasteiger partial charge in [0.1, 0.15) is 0 Å². The predicted molar refractivity (Wildman–Crippen MR) is 55.5 cm³/mol. The summed E-state index contributed by atoms with van der Waals surface area (Å²) in [6, 6.07) is 6.08. The van der Waals surface area contributed by atoms with E-state index in [1.54, 1.807) is 0 Å². The molecule has 2 aromatic rings. The molecule has 0 N–H and O–H groups in total. The van der Waals surface area contributed by atoms with Gasteiger partial charge in [0.2, 0.25) is 0 Å². The van der Waals surface area contributed by atoms with Crippen molar-refractivity contribution < 1.29 is 4.79 Å². The van der Waals surface area contributed by atoms with Crippen molar-refractivity contribution in [2.24, 2.45) is 7.05 Å². The van der Waals surface area contributed by atoms with Crippen LogP contribution in [0.3, 0.4) is 0 Å². The Morgan fingerprint density at radius 3 is 2.93 bits per heavy atom. The maximum absolute atomic E-state index is 10.7. The minimum Gasteiger partial charge on any atom is -0.325 e. The number of aromatic nitrogens is 2. The van der Waals surface area contributed by atoms with E-state index in [0.29, 0.717) is 5.82 Å². The lowest BCUT2D eigenvalue weighted by molar-refractivity contribution is 0.111. The summed E-state index contributed by atoms with van der Waals surface area (Å²) in [5.41, 5.74) is 3.16. The van der Waals surface area contributed by atoms with Crippen LogP contribution in [0.25, 0.3) is 11.0 Å². The average Bonchev–Trinajstić information content (AvgIpc) is 2.55. The molecule has 3 nitrogen and oxygen atoms in total. The molecule has 0 radical (unpaired) electrons. The van der Waals surface area contributed by atoms with E-state index in [9.17, 15) is 4.79 Å². The molecule has 0 aliphatic heterocycles. The Hall–Kier alpha value is -1.64. The third-order valence-corrected chi connectivity index (χ3v) is 2.49. The van der Waals surface area contributed by atoms with Crippen molar-refractivity contribution in [2.45, 2.75) is 13.3 Å². The number of rotatable bonds is 2. The minimum atomic E-state index is 0.480. The highest BCUT2D eigenvalue weighted by Gasteiger charge is 2.06. The highest BCUT2D eigenvalue weighted by Crippen LogP contribution is 2.16. The molecule has 2 rings (SSSR count). The Balaban J connectivity index is 2.74. The van der Waals surface area contributed by atoms with Crippen LogP contribution < -0.4 is 0 Å². The number of hydrogen-bond acceptors (Lipinski definition) is 2. The normalized spacial score (nSPS) is 10.7. The summed E-state index contributed by atoms with van der Waals surface area (Å²) in [5, 5.41) is 0. The number of aryl methyl sites for hydroxylation is 2. The molecule has 0 unspecified atom stereocenters. The standard InChI is InChI=1S/C11H12N2O/c1-3-8-4-5-9-10(6-8)13(2)11(7-14)12-9/h4-7H,3H2,1-2H3. The first-order chi connectivity index (χ1) is 6.76. The van der Waals surface area contributed by atoms with E-state index in [2.05, 4.69) is 18.0 Å². The number of aldehydes is 1. The second-order valence-corrected chi connectivity index (χ2v) is 3.32. The Labute approximate surface area is 82.4 Å². The molecule has 0 spiro atoms. The molecule has 14 heavy (non-hydrogen) atoms. The molecule has 1 aromatic carbocycles. The zero-order chi connectivity index (χ0) is 10.1. The van der Waals surface area contributed by atoms with Crippen molar-refractivity contribution in [3.8, 4) is 0 Å². The lowest BCUT2D eigenvalue weighted by Gasteiger charge is -1.98. The van der Waals surface area contributed by atoms with Crippen LogP contribution in [0.5, 0.6) is 0 Å². The van der Waals surface area contributed by atoms with Gasteiger partial charge in [-0.25, -0.2) is 4.98 Å². The molecule has 0 bridgehead atoms. The largest absolute Gasteiger partial charge is 0.325 e. The van der Waals surface area contributed by atoms with Crippen LogP contribution in [-0.4, -0.2) is 15.8 Å². The molecule has 0 fully saturated rings. The number of carbonyl (C=O) groups is 1. The van der Waals surface area contributed by atoms with Crippen molar-refractivity contribution >= 4 is 17.3 Å². The van der Waals surface area contributed by atoms with Gasteiger partial charge in [0.15, 0.2) is 12.1 Å². The quantitative estimate of drug-likeness (QED) is 0.675. The molecule has 1 heterocycles. The summed E-state index contributed by atoms with van der Waals surface area (Å²) < 4.78 is 1.82. The molecule has 3 heteroatoms. The summed E-state index contributed by atoms with van der Waals surface area (Å²) >= 11 is 0. The molecule has 0 aliphatic rings. The fraction of sp³-hybridized carbons (Fsp3) is 0.273. The number of hydrogen-bond donors (Lipinski definition) is 0. The van der Waals surface area contributed by atoms with Gasteiger partial charge in [0.25, 0.3) is 0 Å². The maximum atomic E-state index is 10.7. The van der Waals surface area contributed by atoms with Crippen LogP contribution >= 0.6 is 0 Å². The van der Waals surface area contributed by atoms with Gasteiger partial charge in [0.05, 0.1) is 11.0 Å². The van der Waals surface area contributed by atoms with Crippen molar-refractivity contribution in [3.63, 3.8) is 0 Å². The first-order valence-electron chi connectivity index (χ1n) is 4.66. The maximum Gasteiger partial charge on any atom is 0.185 e. The van der Waals surface area contributed by atoms with Crippen molar-refractivity contribution in [1.82, 2.24) is 9.55 Å². The van der Waals surface area contributed by atoms with Crippen LogP contribution in [0, 0.1) is 0 Å². The first kappa shape index (κ1) is 8.94. The molecule has 0 amide bonds. The zero-order valence-corrected chi connectivity index (χ0v) is 8.32. The van der Waals surface area contributed by atoms with Gasteiger partial charge < -0.3 is 4.57 Å². The second kappa shape index (κ2) is 3.25. The number of carbonyl (C=O) groups excluding carboxylic acids is 1. The number of benzene rings is 1. The molecule has 72 valence electrons. The Kier molecular flexibility index (Phi) is 2.08. The summed E-state index contributed by atoms with van der Waals surface area (Å²) in [6.07, 6.45) is 1.78. The Morgan fingerprint density at radius 2 is 2.29 bits per heavy atom. The molecule has 0 aliphatic carbocycles. The number of fused-ring (bicyclic) bond motifs is 1. The van der Waals surface area contributed by atoms with Crippen molar-refractivity contribution in [2.75, 3.05) is 0 Å². The predicted octanol–water partition coefficient (Wildman–Crippen LogP) is 1.95. The third-order valence-electron chi connectivity index (χ3n) is 2.49. The minimum absolute atomic E-state index is 0.480. The fourth-order valence-electron chi connectivity index (χ4n) is 1.58. The van der Waals surface area contributed by atoms with Crippen LogP contribution in [0.15, 0.2) is 18.2 Å². The smallest absolute Gasteiger partial charge is 0.185 e. The van der Waals surface area contributed by atoms with E-state index in [0.717, 1.165) is 23.7 Å². The van der Waals surface area contributed by atoms with E-state index in [1.165, 1.54) is 5.56 Å². The lowest BCUT2D eigenvalue weighted by atomic mass is 10.1. The van der Waals surface area contributed by atoms with Crippen LogP contribution in [-0.2, 0) is 13.5 Å². The molecule has 1 aromatic heterocycles.